The standard InChI is InChI=1S/C10H9N3/c1-8-11-7-5-10(13-8)9-4-2-3-6-12-9/h2-7H,1H3. The molecule has 3 nitrogen and oxygen atoms in total. The zero-order chi connectivity index (χ0) is 9.10. The van der Waals surface area contributed by atoms with Crippen LogP contribution >= 0.6 is 0 Å². The highest BCUT2D eigenvalue weighted by atomic mass is 14.9. The smallest absolute Gasteiger partial charge is 0.125 e. The summed E-state index contributed by atoms with van der Waals surface area (Å²) in [4.78, 5) is 12.5. The Hall–Kier alpha value is -1.77. The topological polar surface area (TPSA) is 38.7 Å². The predicted molar refractivity (Wildman–Crippen MR) is 50.0 cm³/mol. The Labute approximate surface area is 76.5 Å². The van der Waals surface area contributed by atoms with Crippen molar-refractivity contribution < 1.29 is 0 Å². The van der Waals surface area contributed by atoms with Crippen LogP contribution in [0.1, 0.15) is 5.82 Å². The first-order valence-corrected chi connectivity index (χ1v) is 4.07. The summed E-state index contributed by atoms with van der Waals surface area (Å²) in [6.45, 7) is 1.87. The molecule has 0 unspecified atom stereocenters. The average Bonchev–Trinajstić information content (AvgIpc) is 2.19. The van der Waals surface area contributed by atoms with E-state index in [9.17, 15) is 0 Å². The van der Waals surface area contributed by atoms with Gasteiger partial charge >= 0.3 is 0 Å². The molecule has 0 N–H and O–H groups in total. The third kappa shape index (κ3) is 1.69. The monoisotopic (exact) mass is 171 g/mol. The van der Waals surface area contributed by atoms with Gasteiger partial charge in [-0.05, 0) is 25.1 Å². The Balaban J connectivity index is 2.48. The number of hydrogen-bond donors (Lipinski definition) is 0. The van der Waals surface area contributed by atoms with Crippen LogP contribution < -0.4 is 0 Å². The number of aromatic nitrogens is 3. The van der Waals surface area contributed by atoms with E-state index >= 15 is 0 Å². The van der Waals surface area contributed by atoms with Crippen molar-refractivity contribution in [1.29, 1.82) is 0 Å². The van der Waals surface area contributed by atoms with Gasteiger partial charge in [0.1, 0.15) is 5.82 Å². The second-order valence-electron chi connectivity index (χ2n) is 2.70. The fraction of sp³-hybridized carbons (Fsp3) is 0.100. The van der Waals surface area contributed by atoms with E-state index < -0.39 is 0 Å². The van der Waals surface area contributed by atoms with Crippen LogP contribution in [0.3, 0.4) is 0 Å². The summed E-state index contributed by atoms with van der Waals surface area (Å²) < 4.78 is 0. The van der Waals surface area contributed by atoms with Gasteiger partial charge in [0.15, 0.2) is 0 Å². The molecule has 0 bridgehead atoms. The molecule has 0 radical (unpaired) electrons. The van der Waals surface area contributed by atoms with Gasteiger partial charge < -0.3 is 0 Å². The highest BCUT2D eigenvalue weighted by Gasteiger charge is 1.98. The number of pyridine rings is 1. The van der Waals surface area contributed by atoms with E-state index in [1.54, 1.807) is 12.4 Å². The number of aryl methyl sites for hydroxylation is 1. The molecule has 0 amide bonds. The van der Waals surface area contributed by atoms with E-state index in [1.807, 2.05) is 31.2 Å². The summed E-state index contributed by atoms with van der Waals surface area (Å²) in [6, 6.07) is 7.62. The van der Waals surface area contributed by atoms with Crippen molar-refractivity contribution in [2.75, 3.05) is 0 Å². The zero-order valence-electron chi connectivity index (χ0n) is 7.31. The second kappa shape index (κ2) is 3.31. The molecule has 2 rings (SSSR count). The fourth-order valence-corrected chi connectivity index (χ4v) is 1.11. The molecule has 0 saturated heterocycles. The van der Waals surface area contributed by atoms with Crippen molar-refractivity contribution in [1.82, 2.24) is 15.0 Å². The molecule has 0 aliphatic carbocycles. The minimum absolute atomic E-state index is 0.767. The molecule has 0 aromatic carbocycles. The van der Waals surface area contributed by atoms with E-state index in [4.69, 9.17) is 0 Å². The lowest BCUT2D eigenvalue weighted by molar-refractivity contribution is 1.05. The molecule has 0 atom stereocenters. The van der Waals surface area contributed by atoms with Gasteiger partial charge in [-0.3, -0.25) is 4.98 Å². The number of rotatable bonds is 1. The van der Waals surface area contributed by atoms with Gasteiger partial charge in [0.2, 0.25) is 0 Å². The molecule has 2 aromatic rings. The predicted octanol–water partition coefficient (Wildman–Crippen LogP) is 1.85. The molecule has 13 heavy (non-hydrogen) atoms. The lowest BCUT2D eigenvalue weighted by Crippen LogP contribution is -1.90. The summed E-state index contributed by atoms with van der Waals surface area (Å²) in [5.41, 5.74) is 1.75. The summed E-state index contributed by atoms with van der Waals surface area (Å²) in [6.07, 6.45) is 3.50. The van der Waals surface area contributed by atoms with Crippen molar-refractivity contribution in [3.8, 4) is 11.4 Å². The van der Waals surface area contributed by atoms with Crippen molar-refractivity contribution in [3.05, 3.63) is 42.5 Å². The Morgan fingerprint density at radius 1 is 0.923 bits per heavy atom. The van der Waals surface area contributed by atoms with E-state index in [0.717, 1.165) is 17.2 Å². The maximum Gasteiger partial charge on any atom is 0.125 e. The minimum Gasteiger partial charge on any atom is -0.255 e. The first-order valence-electron chi connectivity index (χ1n) is 4.07. The van der Waals surface area contributed by atoms with Gasteiger partial charge in [0.05, 0.1) is 11.4 Å². The third-order valence-electron chi connectivity index (χ3n) is 1.70. The van der Waals surface area contributed by atoms with Crippen molar-refractivity contribution in [3.63, 3.8) is 0 Å². The van der Waals surface area contributed by atoms with Crippen LogP contribution in [-0.2, 0) is 0 Å². The minimum atomic E-state index is 0.767. The molecular formula is C10H9N3. The molecule has 0 saturated carbocycles. The van der Waals surface area contributed by atoms with Crippen LogP contribution in [0.5, 0.6) is 0 Å². The fourth-order valence-electron chi connectivity index (χ4n) is 1.11. The van der Waals surface area contributed by atoms with Crippen LogP contribution in [0.2, 0.25) is 0 Å². The molecule has 0 aliphatic heterocycles. The maximum atomic E-state index is 4.27. The van der Waals surface area contributed by atoms with Gasteiger partial charge in [0, 0.05) is 12.4 Å². The van der Waals surface area contributed by atoms with E-state index in [0.29, 0.717) is 0 Å². The number of nitrogens with zero attached hydrogens (tertiary/aromatic N) is 3. The van der Waals surface area contributed by atoms with Crippen LogP contribution in [0.4, 0.5) is 0 Å². The van der Waals surface area contributed by atoms with Crippen LogP contribution in [0, 0.1) is 6.92 Å². The van der Waals surface area contributed by atoms with Crippen LogP contribution in [-0.4, -0.2) is 15.0 Å². The molecule has 3 heteroatoms. The van der Waals surface area contributed by atoms with Gasteiger partial charge in [-0.15, -0.1) is 0 Å². The van der Waals surface area contributed by atoms with Gasteiger partial charge in [-0.1, -0.05) is 6.07 Å². The molecule has 64 valence electrons. The first-order chi connectivity index (χ1) is 6.36. The van der Waals surface area contributed by atoms with Crippen molar-refractivity contribution in [2.24, 2.45) is 0 Å². The van der Waals surface area contributed by atoms with Crippen LogP contribution in [0.25, 0.3) is 11.4 Å². The van der Waals surface area contributed by atoms with Crippen LogP contribution in [0.15, 0.2) is 36.7 Å². The largest absolute Gasteiger partial charge is 0.255 e. The molecular weight excluding hydrogens is 162 g/mol. The molecule has 2 aromatic heterocycles. The summed E-state index contributed by atoms with van der Waals surface area (Å²) >= 11 is 0. The highest BCUT2D eigenvalue weighted by Crippen LogP contribution is 2.11. The number of hydrogen-bond acceptors (Lipinski definition) is 3. The molecule has 2 heterocycles. The first kappa shape index (κ1) is 7.86. The quantitative estimate of drug-likeness (QED) is 0.657. The zero-order valence-corrected chi connectivity index (χ0v) is 7.31. The Kier molecular flexibility index (Phi) is 2.00. The van der Waals surface area contributed by atoms with E-state index in [2.05, 4.69) is 15.0 Å². The summed E-state index contributed by atoms with van der Waals surface area (Å²) in [5.74, 6) is 0.767. The Morgan fingerprint density at radius 2 is 1.85 bits per heavy atom. The van der Waals surface area contributed by atoms with Gasteiger partial charge in [0.25, 0.3) is 0 Å². The van der Waals surface area contributed by atoms with E-state index in [1.165, 1.54) is 0 Å². The maximum absolute atomic E-state index is 4.27. The van der Waals surface area contributed by atoms with Gasteiger partial charge in [-0.2, -0.15) is 0 Å². The highest BCUT2D eigenvalue weighted by molar-refractivity contribution is 5.52. The Morgan fingerprint density at radius 3 is 2.54 bits per heavy atom. The lowest BCUT2D eigenvalue weighted by Gasteiger charge is -1.98. The molecule has 0 fully saturated rings. The Bertz CT molecular complexity index is 398. The molecule has 0 aliphatic rings. The lowest BCUT2D eigenvalue weighted by atomic mass is 10.2. The summed E-state index contributed by atoms with van der Waals surface area (Å²) in [7, 11) is 0. The second-order valence-corrected chi connectivity index (χ2v) is 2.70. The summed E-state index contributed by atoms with van der Waals surface area (Å²) in [5, 5.41) is 0. The van der Waals surface area contributed by atoms with E-state index in [-0.39, 0.29) is 0 Å². The van der Waals surface area contributed by atoms with Crippen molar-refractivity contribution in [2.45, 2.75) is 6.92 Å². The SMILES string of the molecule is Cc1nccc(-c2ccccn2)n1. The normalized spacial score (nSPS) is 9.92. The van der Waals surface area contributed by atoms with Crippen molar-refractivity contribution >= 4 is 0 Å². The molecule has 0 spiro atoms. The third-order valence-corrected chi connectivity index (χ3v) is 1.70. The average molecular weight is 171 g/mol. The van der Waals surface area contributed by atoms with Gasteiger partial charge in [-0.25, -0.2) is 9.97 Å².